The smallest absolute Gasteiger partial charge is 0.224 e. The molecule has 1 aliphatic rings. The summed E-state index contributed by atoms with van der Waals surface area (Å²) in [6.07, 6.45) is 6.99. The summed E-state index contributed by atoms with van der Waals surface area (Å²) in [6.45, 7) is 5.58. The second kappa shape index (κ2) is 13.6. The molecule has 0 spiro atoms. The van der Waals surface area contributed by atoms with Gasteiger partial charge in [-0.15, -0.1) is 0 Å². The summed E-state index contributed by atoms with van der Waals surface area (Å²) in [7, 11) is 3.96. The Balaban J connectivity index is 1.56. The van der Waals surface area contributed by atoms with Gasteiger partial charge in [0.1, 0.15) is 17.6 Å². The molecular formula is C30H36N6O3. The summed E-state index contributed by atoms with van der Waals surface area (Å²) in [5.41, 5.74) is 3.01. The van der Waals surface area contributed by atoms with E-state index in [1.807, 2.05) is 56.3 Å². The van der Waals surface area contributed by atoms with Crippen molar-refractivity contribution in [3.63, 3.8) is 0 Å². The maximum absolute atomic E-state index is 12.7. The Morgan fingerprint density at radius 1 is 1.23 bits per heavy atom. The van der Waals surface area contributed by atoms with Gasteiger partial charge in [0.05, 0.1) is 35.7 Å². The molecule has 2 aromatic carbocycles. The van der Waals surface area contributed by atoms with Crippen LogP contribution >= 0.6 is 0 Å². The first kappa shape index (κ1) is 27.9. The molecule has 204 valence electrons. The maximum Gasteiger partial charge on any atom is 0.224 e. The largest absolute Gasteiger partial charge is 0.493 e. The van der Waals surface area contributed by atoms with Crippen molar-refractivity contribution in [2.45, 2.75) is 19.8 Å². The summed E-state index contributed by atoms with van der Waals surface area (Å²) < 4.78 is 11.8. The lowest BCUT2D eigenvalue weighted by Gasteiger charge is -2.18. The third-order valence-corrected chi connectivity index (χ3v) is 6.34. The molecule has 0 aliphatic carbocycles. The first-order valence-corrected chi connectivity index (χ1v) is 13.3. The van der Waals surface area contributed by atoms with Crippen LogP contribution < -0.4 is 25.4 Å². The molecule has 39 heavy (non-hydrogen) atoms. The molecule has 1 aromatic heterocycles. The maximum atomic E-state index is 12.7. The third kappa shape index (κ3) is 7.69. The predicted molar refractivity (Wildman–Crippen MR) is 155 cm³/mol. The number of amides is 1. The van der Waals surface area contributed by atoms with Crippen LogP contribution in [-0.4, -0.2) is 62.7 Å². The lowest BCUT2D eigenvalue weighted by molar-refractivity contribution is -0.116. The van der Waals surface area contributed by atoms with Crippen molar-refractivity contribution in [3.05, 3.63) is 60.3 Å². The van der Waals surface area contributed by atoms with E-state index in [1.165, 1.54) is 0 Å². The Bertz CT molecular complexity index is 1350. The van der Waals surface area contributed by atoms with Crippen LogP contribution in [0.2, 0.25) is 0 Å². The number of hydrogen-bond acceptors (Lipinski definition) is 8. The number of anilines is 3. The highest BCUT2D eigenvalue weighted by Gasteiger charge is 2.16. The lowest BCUT2D eigenvalue weighted by Crippen LogP contribution is -2.29. The van der Waals surface area contributed by atoms with Gasteiger partial charge in [-0.2, -0.15) is 5.26 Å². The van der Waals surface area contributed by atoms with Crippen LogP contribution in [0.5, 0.6) is 11.5 Å². The third-order valence-electron chi connectivity index (χ3n) is 6.34. The molecule has 1 unspecified atom stereocenters. The van der Waals surface area contributed by atoms with E-state index < -0.39 is 0 Å². The number of hydrogen-bond donors (Lipinski definition) is 3. The van der Waals surface area contributed by atoms with Gasteiger partial charge in [0.25, 0.3) is 0 Å². The molecule has 3 N–H and O–H groups in total. The average Bonchev–Trinajstić information content (AvgIpc) is 2.94. The normalized spacial score (nSPS) is 14.7. The van der Waals surface area contributed by atoms with Crippen molar-refractivity contribution in [1.82, 2.24) is 15.2 Å². The van der Waals surface area contributed by atoms with Crippen LogP contribution in [0.15, 0.2) is 54.7 Å². The van der Waals surface area contributed by atoms with Crippen molar-refractivity contribution < 1.29 is 14.3 Å². The number of nitrogens with one attached hydrogen (secondary N) is 3. The van der Waals surface area contributed by atoms with Gasteiger partial charge in [0.15, 0.2) is 0 Å². The summed E-state index contributed by atoms with van der Waals surface area (Å²) in [4.78, 5) is 19.2. The molecular weight excluding hydrogens is 492 g/mol. The molecule has 0 radical (unpaired) electrons. The van der Waals surface area contributed by atoms with E-state index in [4.69, 9.17) is 9.47 Å². The number of fused-ring (bicyclic) bond motifs is 1. The standard InChI is InChI=1S/C30H36N6O3/c1-4-38-28-16-26-25(15-27(28)35-29(37)8-6-14-36(2)3)30(22(17-31)19-33-26)34-23-9-11-24(12-10-23)39-20-21-7-5-13-32-18-21/h5,7,9-12,15-16,19,21,32H,4,6,8,13-14,18,20H2,1-3H3,(H,33,34)(H,35,37). The summed E-state index contributed by atoms with van der Waals surface area (Å²) in [5.74, 6) is 1.58. The number of rotatable bonds is 12. The monoisotopic (exact) mass is 528 g/mol. The predicted octanol–water partition coefficient (Wildman–Crippen LogP) is 4.68. The van der Waals surface area contributed by atoms with Gasteiger partial charge in [0.2, 0.25) is 5.91 Å². The summed E-state index contributed by atoms with van der Waals surface area (Å²) in [5, 5.41) is 20.2. The van der Waals surface area contributed by atoms with Gasteiger partial charge < -0.3 is 30.3 Å². The van der Waals surface area contributed by atoms with Gasteiger partial charge >= 0.3 is 0 Å². The molecule has 3 aromatic rings. The molecule has 0 saturated carbocycles. The van der Waals surface area contributed by atoms with Gasteiger partial charge in [-0.05, 0) is 64.3 Å². The fraction of sp³-hybridized carbons (Fsp3) is 0.367. The molecule has 1 atom stereocenters. The zero-order valence-corrected chi connectivity index (χ0v) is 22.8. The van der Waals surface area contributed by atoms with Crippen LogP contribution in [-0.2, 0) is 4.79 Å². The Morgan fingerprint density at radius 3 is 2.74 bits per heavy atom. The Labute approximate surface area is 229 Å². The van der Waals surface area contributed by atoms with E-state index in [2.05, 4.69) is 39.2 Å². The molecule has 1 amide bonds. The van der Waals surface area contributed by atoms with Crippen molar-refractivity contribution in [2.75, 3.05) is 57.6 Å². The second-order valence-electron chi connectivity index (χ2n) is 9.72. The molecule has 0 saturated heterocycles. The SMILES string of the molecule is CCOc1cc2ncc(C#N)c(Nc3ccc(OCC4C=CCNC4)cc3)c2cc1NC(=O)CCCN(C)C. The van der Waals surface area contributed by atoms with Crippen molar-refractivity contribution in [3.8, 4) is 17.6 Å². The first-order valence-electron chi connectivity index (χ1n) is 13.3. The van der Waals surface area contributed by atoms with Gasteiger partial charge in [-0.3, -0.25) is 9.78 Å². The summed E-state index contributed by atoms with van der Waals surface area (Å²) >= 11 is 0. The van der Waals surface area contributed by atoms with E-state index >= 15 is 0 Å². The highest BCUT2D eigenvalue weighted by atomic mass is 16.5. The van der Waals surface area contributed by atoms with Crippen LogP contribution in [0.1, 0.15) is 25.3 Å². The minimum atomic E-state index is -0.0915. The zero-order chi connectivity index (χ0) is 27.6. The number of ether oxygens (including phenoxy) is 2. The van der Waals surface area contributed by atoms with E-state index in [0.717, 1.165) is 37.5 Å². The van der Waals surface area contributed by atoms with Crippen molar-refractivity contribution in [1.29, 1.82) is 5.26 Å². The number of benzene rings is 2. The number of pyridine rings is 1. The highest BCUT2D eigenvalue weighted by Crippen LogP contribution is 2.36. The van der Waals surface area contributed by atoms with Crippen LogP contribution in [0.25, 0.3) is 10.9 Å². The number of nitrogens with zero attached hydrogens (tertiary/aromatic N) is 3. The minimum Gasteiger partial charge on any atom is -0.493 e. The van der Waals surface area contributed by atoms with Gasteiger partial charge in [-0.1, -0.05) is 12.2 Å². The number of carbonyl (C=O) groups excluding carboxylic acids is 1. The van der Waals surface area contributed by atoms with Crippen molar-refractivity contribution in [2.24, 2.45) is 5.92 Å². The molecule has 9 heteroatoms. The number of nitriles is 1. The van der Waals surface area contributed by atoms with E-state index in [1.54, 1.807) is 12.3 Å². The fourth-order valence-electron chi connectivity index (χ4n) is 4.36. The average molecular weight is 529 g/mol. The minimum absolute atomic E-state index is 0.0915. The van der Waals surface area contributed by atoms with E-state index in [9.17, 15) is 10.1 Å². The Kier molecular flexibility index (Phi) is 9.73. The highest BCUT2D eigenvalue weighted by molar-refractivity contribution is 6.02. The van der Waals surface area contributed by atoms with Gasteiger partial charge in [0, 0.05) is 48.8 Å². The van der Waals surface area contributed by atoms with E-state index in [-0.39, 0.29) is 5.91 Å². The fourth-order valence-corrected chi connectivity index (χ4v) is 4.36. The number of aromatic nitrogens is 1. The van der Waals surface area contributed by atoms with Crippen LogP contribution in [0.3, 0.4) is 0 Å². The van der Waals surface area contributed by atoms with Crippen LogP contribution in [0, 0.1) is 17.2 Å². The molecule has 0 fully saturated rings. The van der Waals surface area contributed by atoms with Gasteiger partial charge in [-0.25, -0.2) is 0 Å². The van der Waals surface area contributed by atoms with Crippen LogP contribution in [0.4, 0.5) is 17.1 Å². The molecule has 1 aliphatic heterocycles. The molecule has 4 rings (SSSR count). The van der Waals surface area contributed by atoms with E-state index in [0.29, 0.717) is 59.1 Å². The molecule has 9 nitrogen and oxygen atoms in total. The second-order valence-corrected chi connectivity index (χ2v) is 9.72. The molecule has 0 bridgehead atoms. The quantitative estimate of drug-likeness (QED) is 0.291. The molecule has 2 heterocycles. The Morgan fingerprint density at radius 2 is 2.05 bits per heavy atom. The summed E-state index contributed by atoms with van der Waals surface area (Å²) in [6, 6.07) is 13.5. The number of carbonyl (C=O) groups is 1. The first-order chi connectivity index (χ1) is 19.0. The topological polar surface area (TPSA) is 112 Å². The lowest BCUT2D eigenvalue weighted by atomic mass is 10.1. The Hall–Kier alpha value is -4.13. The zero-order valence-electron chi connectivity index (χ0n) is 22.8. The van der Waals surface area contributed by atoms with Crippen molar-refractivity contribution >= 4 is 33.9 Å².